The fourth-order valence-corrected chi connectivity index (χ4v) is 2.80. The van der Waals surface area contributed by atoms with Gasteiger partial charge in [0.15, 0.2) is 0 Å². The Balaban J connectivity index is 2.42. The van der Waals surface area contributed by atoms with E-state index in [1.165, 1.54) is 11.3 Å². The maximum atomic E-state index is 12.1. The van der Waals surface area contributed by atoms with Gasteiger partial charge in [0.05, 0.1) is 9.90 Å². The number of hydrogen-bond donors (Lipinski definition) is 0. The first-order valence-corrected chi connectivity index (χ1v) is 6.68. The van der Waals surface area contributed by atoms with E-state index >= 15 is 0 Å². The minimum atomic E-state index is -0.0271. The molecule has 16 heavy (non-hydrogen) atoms. The highest BCUT2D eigenvalue weighted by Gasteiger charge is 2.14. The second kappa shape index (κ2) is 4.70. The molecule has 1 nitrogen and oxygen atoms in total. The minimum Gasteiger partial charge on any atom is -0.288 e. The number of hydrogen-bond acceptors (Lipinski definition) is 2. The molecule has 0 amide bonds. The molecule has 0 radical (unpaired) electrons. The zero-order valence-corrected chi connectivity index (χ0v) is 11.6. The van der Waals surface area contributed by atoms with Crippen molar-refractivity contribution in [2.24, 2.45) is 0 Å². The summed E-state index contributed by atoms with van der Waals surface area (Å²) in [4.78, 5) is 12.7. The number of ketones is 1. The average molecular weight is 316 g/mol. The molecule has 0 atom stereocenters. The van der Waals surface area contributed by atoms with Crippen molar-refractivity contribution < 1.29 is 4.79 Å². The number of rotatable bonds is 2. The van der Waals surface area contributed by atoms with Gasteiger partial charge in [-0.2, -0.15) is 0 Å². The van der Waals surface area contributed by atoms with Crippen molar-refractivity contribution in [3.8, 4) is 0 Å². The SMILES string of the molecule is Cc1ccc(C(=O)c2sccc2Cl)cc1Br. The normalized spacial score (nSPS) is 10.4. The summed E-state index contributed by atoms with van der Waals surface area (Å²) in [6, 6.07) is 7.30. The Kier molecular flexibility index (Phi) is 3.47. The smallest absolute Gasteiger partial charge is 0.204 e. The first-order valence-electron chi connectivity index (χ1n) is 4.63. The summed E-state index contributed by atoms with van der Waals surface area (Å²) in [5, 5.41) is 2.34. The molecule has 2 rings (SSSR count). The lowest BCUT2D eigenvalue weighted by Gasteiger charge is -2.02. The fraction of sp³-hybridized carbons (Fsp3) is 0.0833. The third-order valence-corrected chi connectivity index (χ3v) is 4.45. The molecular formula is C12H8BrClOS. The van der Waals surface area contributed by atoms with Crippen LogP contribution in [0.3, 0.4) is 0 Å². The first-order chi connectivity index (χ1) is 7.59. The van der Waals surface area contributed by atoms with Crippen LogP contribution in [0, 0.1) is 6.92 Å². The molecule has 0 N–H and O–H groups in total. The number of carbonyl (C=O) groups excluding carboxylic acids is 1. The Morgan fingerprint density at radius 3 is 2.69 bits per heavy atom. The molecule has 0 aliphatic rings. The van der Waals surface area contributed by atoms with E-state index in [1.807, 2.05) is 30.5 Å². The van der Waals surface area contributed by atoms with Crippen LogP contribution in [0.1, 0.15) is 20.8 Å². The van der Waals surface area contributed by atoms with Crippen LogP contribution in [0.5, 0.6) is 0 Å². The lowest BCUT2D eigenvalue weighted by molar-refractivity contribution is 0.104. The van der Waals surface area contributed by atoms with E-state index in [9.17, 15) is 4.79 Å². The van der Waals surface area contributed by atoms with Crippen LogP contribution in [0.2, 0.25) is 5.02 Å². The van der Waals surface area contributed by atoms with Crippen LogP contribution < -0.4 is 0 Å². The van der Waals surface area contributed by atoms with Crippen molar-refractivity contribution in [1.29, 1.82) is 0 Å². The van der Waals surface area contributed by atoms with Crippen molar-refractivity contribution in [2.45, 2.75) is 6.92 Å². The number of benzene rings is 1. The van der Waals surface area contributed by atoms with Crippen molar-refractivity contribution in [1.82, 2.24) is 0 Å². The van der Waals surface area contributed by atoms with Crippen molar-refractivity contribution in [2.75, 3.05) is 0 Å². The second-order valence-corrected chi connectivity index (χ2v) is 5.57. The molecule has 0 aliphatic heterocycles. The summed E-state index contributed by atoms with van der Waals surface area (Å²) in [7, 11) is 0. The van der Waals surface area contributed by atoms with E-state index in [0.29, 0.717) is 15.5 Å². The maximum absolute atomic E-state index is 12.1. The Morgan fingerprint density at radius 2 is 2.12 bits per heavy atom. The van der Waals surface area contributed by atoms with Crippen LogP contribution in [0.4, 0.5) is 0 Å². The summed E-state index contributed by atoms with van der Waals surface area (Å²) in [6.45, 7) is 1.98. The van der Waals surface area contributed by atoms with Gasteiger partial charge in [-0.15, -0.1) is 11.3 Å². The molecule has 0 fully saturated rings. The molecule has 1 aromatic heterocycles. The number of halogens is 2. The van der Waals surface area contributed by atoms with Gasteiger partial charge in [-0.3, -0.25) is 4.79 Å². The van der Waals surface area contributed by atoms with Crippen LogP contribution >= 0.6 is 38.9 Å². The molecule has 0 bridgehead atoms. The Labute approximate surface area is 111 Å². The third kappa shape index (κ3) is 2.21. The number of thiophene rings is 1. The van der Waals surface area contributed by atoms with Gasteiger partial charge in [0.1, 0.15) is 0 Å². The number of carbonyl (C=O) groups is 1. The first kappa shape index (κ1) is 11.8. The third-order valence-electron chi connectivity index (χ3n) is 2.26. The highest BCUT2D eigenvalue weighted by Crippen LogP contribution is 2.26. The zero-order valence-electron chi connectivity index (χ0n) is 8.46. The molecule has 0 unspecified atom stereocenters. The standard InChI is InChI=1S/C12H8BrClOS/c1-7-2-3-8(6-9(7)13)11(15)12-10(14)4-5-16-12/h2-6H,1H3. The molecular weight excluding hydrogens is 308 g/mol. The Hall–Kier alpha value is -0.640. The average Bonchev–Trinajstić information content (AvgIpc) is 2.67. The summed E-state index contributed by atoms with van der Waals surface area (Å²) in [5.74, 6) is -0.0271. The molecule has 82 valence electrons. The zero-order chi connectivity index (χ0) is 11.7. The lowest BCUT2D eigenvalue weighted by Crippen LogP contribution is -1.99. The minimum absolute atomic E-state index is 0.0271. The van der Waals surface area contributed by atoms with Gasteiger partial charge >= 0.3 is 0 Å². The molecule has 0 aliphatic carbocycles. The van der Waals surface area contributed by atoms with Crippen molar-refractivity contribution in [3.05, 3.63) is 55.1 Å². The van der Waals surface area contributed by atoms with E-state index in [0.717, 1.165) is 10.0 Å². The maximum Gasteiger partial charge on any atom is 0.204 e. The van der Waals surface area contributed by atoms with Crippen molar-refractivity contribution >= 4 is 44.7 Å². The van der Waals surface area contributed by atoms with E-state index in [1.54, 1.807) is 6.07 Å². The van der Waals surface area contributed by atoms with E-state index < -0.39 is 0 Å². The van der Waals surface area contributed by atoms with Gasteiger partial charge in [0.2, 0.25) is 5.78 Å². The van der Waals surface area contributed by atoms with E-state index in [4.69, 9.17) is 11.6 Å². The van der Waals surface area contributed by atoms with Crippen LogP contribution in [0.25, 0.3) is 0 Å². The lowest BCUT2D eigenvalue weighted by atomic mass is 10.1. The predicted octanol–water partition coefficient (Wildman–Crippen LogP) is 4.70. The van der Waals surface area contributed by atoms with E-state index in [-0.39, 0.29) is 5.78 Å². The van der Waals surface area contributed by atoms with Crippen LogP contribution in [-0.4, -0.2) is 5.78 Å². The Morgan fingerprint density at radius 1 is 1.38 bits per heavy atom. The highest BCUT2D eigenvalue weighted by molar-refractivity contribution is 9.10. The van der Waals surface area contributed by atoms with Crippen LogP contribution in [0.15, 0.2) is 34.1 Å². The van der Waals surface area contributed by atoms with Gasteiger partial charge < -0.3 is 0 Å². The van der Waals surface area contributed by atoms with E-state index in [2.05, 4.69) is 15.9 Å². The topological polar surface area (TPSA) is 17.1 Å². The largest absolute Gasteiger partial charge is 0.288 e. The summed E-state index contributed by atoms with van der Waals surface area (Å²) in [5.41, 5.74) is 1.76. The monoisotopic (exact) mass is 314 g/mol. The summed E-state index contributed by atoms with van der Waals surface area (Å²) < 4.78 is 0.936. The van der Waals surface area contributed by atoms with Crippen molar-refractivity contribution in [3.63, 3.8) is 0 Å². The quantitative estimate of drug-likeness (QED) is 0.734. The molecule has 2 aromatic rings. The van der Waals surface area contributed by atoms with Gasteiger partial charge in [-0.05, 0) is 30.0 Å². The van der Waals surface area contributed by atoms with Gasteiger partial charge in [-0.1, -0.05) is 39.7 Å². The van der Waals surface area contributed by atoms with Gasteiger partial charge in [-0.25, -0.2) is 0 Å². The summed E-state index contributed by atoms with van der Waals surface area (Å²) in [6.07, 6.45) is 0. The number of aryl methyl sites for hydroxylation is 1. The van der Waals surface area contributed by atoms with Crippen LogP contribution in [-0.2, 0) is 0 Å². The molecule has 0 spiro atoms. The summed E-state index contributed by atoms with van der Waals surface area (Å²) >= 11 is 10.7. The molecule has 4 heteroatoms. The molecule has 1 heterocycles. The fourth-order valence-electron chi connectivity index (χ4n) is 1.32. The van der Waals surface area contributed by atoms with Gasteiger partial charge in [0.25, 0.3) is 0 Å². The predicted molar refractivity (Wildman–Crippen MR) is 71.6 cm³/mol. The van der Waals surface area contributed by atoms with Gasteiger partial charge in [0, 0.05) is 10.0 Å². The second-order valence-electron chi connectivity index (χ2n) is 3.39. The molecule has 0 saturated heterocycles. The molecule has 1 aromatic carbocycles. The molecule has 0 saturated carbocycles. The Bertz CT molecular complexity index is 548. The highest BCUT2D eigenvalue weighted by atomic mass is 79.9.